The van der Waals surface area contributed by atoms with Gasteiger partial charge < -0.3 is 9.64 Å². The highest BCUT2D eigenvalue weighted by Crippen LogP contribution is 2.47. The van der Waals surface area contributed by atoms with Crippen LogP contribution in [0.4, 0.5) is 5.69 Å². The lowest BCUT2D eigenvalue weighted by Crippen LogP contribution is -2.41. The molecule has 4 nitrogen and oxygen atoms in total. The summed E-state index contributed by atoms with van der Waals surface area (Å²) in [5.41, 5.74) is 1.49. The Morgan fingerprint density at radius 1 is 1.09 bits per heavy atom. The van der Waals surface area contributed by atoms with Gasteiger partial charge in [0.15, 0.2) is 0 Å². The average molecular weight is 309 g/mol. The Kier molecular flexibility index (Phi) is 3.90. The van der Waals surface area contributed by atoms with Crippen molar-refractivity contribution in [2.24, 2.45) is 0 Å². The predicted octanol–water partition coefficient (Wildman–Crippen LogP) is 2.90. The largest absolute Gasteiger partial charge is 0.466 e. The van der Waals surface area contributed by atoms with E-state index in [0.29, 0.717) is 6.61 Å². The Morgan fingerprint density at radius 2 is 1.74 bits per heavy atom. The zero-order valence-corrected chi connectivity index (χ0v) is 13.3. The minimum Gasteiger partial charge on any atom is -0.466 e. The quantitative estimate of drug-likeness (QED) is 0.816. The second-order valence-electron chi connectivity index (χ2n) is 5.63. The summed E-state index contributed by atoms with van der Waals surface area (Å²) in [7, 11) is 1.75. The Hall–Kier alpha value is -2.62. The highest BCUT2D eigenvalue weighted by Gasteiger charge is 2.52. The molecule has 1 amide bonds. The van der Waals surface area contributed by atoms with E-state index in [2.05, 4.69) is 0 Å². The molecule has 0 radical (unpaired) electrons. The molecule has 1 atom stereocenters. The molecule has 3 rings (SSSR count). The zero-order valence-electron chi connectivity index (χ0n) is 13.3. The first-order chi connectivity index (χ1) is 11.1. The number of esters is 1. The molecular formula is C19H19NO3. The number of nitrogens with zero attached hydrogens (tertiary/aromatic N) is 1. The van der Waals surface area contributed by atoms with E-state index in [1.165, 1.54) is 0 Å². The van der Waals surface area contributed by atoms with E-state index < -0.39 is 5.41 Å². The third-order valence-electron chi connectivity index (χ3n) is 4.38. The molecule has 1 unspecified atom stereocenters. The van der Waals surface area contributed by atoms with Crippen LogP contribution in [0.25, 0.3) is 0 Å². The standard InChI is InChI=1S/C19H19NO3/c1-3-23-17(21)13-19(14-9-5-4-6-10-14)15-11-7-8-12-16(15)20(2)18(19)22/h4-12H,3,13H2,1-2H3. The molecule has 4 heteroatoms. The molecule has 2 aromatic rings. The van der Waals surface area contributed by atoms with E-state index >= 15 is 0 Å². The number of fused-ring (bicyclic) bond motifs is 1. The smallest absolute Gasteiger partial charge is 0.307 e. The first kappa shape index (κ1) is 15.3. The molecule has 0 aromatic heterocycles. The minimum atomic E-state index is -1.02. The van der Waals surface area contributed by atoms with Crippen LogP contribution in [0.5, 0.6) is 0 Å². The summed E-state index contributed by atoms with van der Waals surface area (Å²) in [6.45, 7) is 2.07. The van der Waals surface area contributed by atoms with Crippen molar-refractivity contribution in [3.63, 3.8) is 0 Å². The van der Waals surface area contributed by atoms with Crippen molar-refractivity contribution in [1.82, 2.24) is 0 Å². The topological polar surface area (TPSA) is 46.6 Å². The van der Waals surface area contributed by atoms with E-state index in [0.717, 1.165) is 16.8 Å². The second-order valence-corrected chi connectivity index (χ2v) is 5.63. The fourth-order valence-electron chi connectivity index (χ4n) is 3.34. The highest BCUT2D eigenvalue weighted by atomic mass is 16.5. The van der Waals surface area contributed by atoms with Gasteiger partial charge in [-0.25, -0.2) is 0 Å². The van der Waals surface area contributed by atoms with E-state index in [9.17, 15) is 9.59 Å². The summed E-state index contributed by atoms with van der Waals surface area (Å²) in [6, 6.07) is 17.1. The molecule has 0 spiro atoms. The monoisotopic (exact) mass is 309 g/mol. The lowest BCUT2D eigenvalue weighted by molar-refractivity contribution is -0.146. The van der Waals surface area contributed by atoms with Crippen molar-refractivity contribution < 1.29 is 14.3 Å². The van der Waals surface area contributed by atoms with Gasteiger partial charge in [0.2, 0.25) is 5.91 Å². The third-order valence-corrected chi connectivity index (χ3v) is 4.38. The van der Waals surface area contributed by atoms with Crippen molar-refractivity contribution in [2.45, 2.75) is 18.8 Å². The minimum absolute atomic E-state index is 0.00500. The molecule has 0 saturated carbocycles. The molecule has 0 N–H and O–H groups in total. The number of hydrogen-bond acceptors (Lipinski definition) is 3. The fourth-order valence-corrected chi connectivity index (χ4v) is 3.34. The van der Waals surface area contributed by atoms with Crippen molar-refractivity contribution in [3.8, 4) is 0 Å². The van der Waals surface area contributed by atoms with Gasteiger partial charge in [-0.1, -0.05) is 48.5 Å². The normalized spacial score (nSPS) is 19.6. The molecule has 0 fully saturated rings. The second kappa shape index (κ2) is 5.88. The number of ether oxygens (including phenoxy) is 1. The summed E-state index contributed by atoms with van der Waals surface area (Å²) in [6.07, 6.45) is 0.00500. The molecule has 1 aliphatic heterocycles. The summed E-state index contributed by atoms with van der Waals surface area (Å²) in [5.74, 6) is -0.465. The van der Waals surface area contributed by atoms with Crippen LogP contribution in [-0.4, -0.2) is 25.5 Å². The van der Waals surface area contributed by atoms with E-state index in [1.807, 2.05) is 54.6 Å². The maximum atomic E-state index is 13.1. The van der Waals surface area contributed by atoms with Crippen LogP contribution in [0.2, 0.25) is 0 Å². The van der Waals surface area contributed by atoms with Gasteiger partial charge in [-0.15, -0.1) is 0 Å². The van der Waals surface area contributed by atoms with Crippen LogP contribution in [0, 0.1) is 0 Å². The van der Waals surface area contributed by atoms with Crippen molar-refractivity contribution in [1.29, 1.82) is 0 Å². The van der Waals surface area contributed by atoms with Crippen LogP contribution in [0.15, 0.2) is 54.6 Å². The lowest BCUT2D eigenvalue weighted by atomic mass is 9.73. The number of amides is 1. The number of anilines is 1. The van der Waals surface area contributed by atoms with Crippen LogP contribution in [-0.2, 0) is 19.7 Å². The number of para-hydroxylation sites is 1. The number of rotatable bonds is 4. The van der Waals surface area contributed by atoms with Crippen LogP contribution in [0.3, 0.4) is 0 Å². The number of hydrogen-bond donors (Lipinski definition) is 0. The molecule has 0 bridgehead atoms. The maximum absolute atomic E-state index is 13.1. The van der Waals surface area contributed by atoms with Crippen molar-refractivity contribution in [3.05, 3.63) is 65.7 Å². The van der Waals surface area contributed by atoms with Gasteiger partial charge in [0, 0.05) is 12.7 Å². The summed E-state index contributed by atoms with van der Waals surface area (Å²) >= 11 is 0. The van der Waals surface area contributed by atoms with Gasteiger partial charge in [-0.2, -0.15) is 0 Å². The van der Waals surface area contributed by atoms with Crippen molar-refractivity contribution in [2.75, 3.05) is 18.6 Å². The van der Waals surface area contributed by atoms with Gasteiger partial charge in [0.1, 0.15) is 5.41 Å². The molecule has 23 heavy (non-hydrogen) atoms. The predicted molar refractivity (Wildman–Crippen MR) is 88.3 cm³/mol. The Bertz CT molecular complexity index is 741. The Balaban J connectivity index is 2.21. The summed E-state index contributed by atoms with van der Waals surface area (Å²) < 4.78 is 5.14. The Morgan fingerprint density at radius 3 is 2.43 bits per heavy atom. The summed E-state index contributed by atoms with van der Waals surface area (Å²) in [4.78, 5) is 27.0. The average Bonchev–Trinajstić information content (AvgIpc) is 2.79. The highest BCUT2D eigenvalue weighted by molar-refractivity contribution is 6.11. The number of carbonyl (C=O) groups is 2. The molecule has 2 aromatic carbocycles. The first-order valence-electron chi connectivity index (χ1n) is 7.70. The third kappa shape index (κ3) is 2.31. The van der Waals surface area contributed by atoms with Crippen LogP contribution < -0.4 is 4.90 Å². The molecule has 0 saturated heterocycles. The first-order valence-corrected chi connectivity index (χ1v) is 7.70. The number of carbonyl (C=O) groups excluding carboxylic acids is 2. The Labute approximate surface area is 135 Å². The van der Waals surface area contributed by atoms with E-state index in [1.54, 1.807) is 18.9 Å². The van der Waals surface area contributed by atoms with Crippen LogP contribution in [0.1, 0.15) is 24.5 Å². The van der Waals surface area contributed by atoms with Gasteiger partial charge in [-0.3, -0.25) is 9.59 Å². The van der Waals surface area contributed by atoms with Gasteiger partial charge >= 0.3 is 5.97 Å². The summed E-state index contributed by atoms with van der Waals surface area (Å²) in [5, 5.41) is 0. The fraction of sp³-hybridized carbons (Fsp3) is 0.263. The lowest BCUT2D eigenvalue weighted by Gasteiger charge is -2.28. The molecule has 1 heterocycles. The SMILES string of the molecule is CCOC(=O)CC1(c2ccccc2)C(=O)N(C)c2ccccc21. The van der Waals surface area contributed by atoms with Gasteiger partial charge in [0.05, 0.1) is 13.0 Å². The van der Waals surface area contributed by atoms with Crippen molar-refractivity contribution >= 4 is 17.6 Å². The molecule has 1 aliphatic rings. The molecule has 0 aliphatic carbocycles. The maximum Gasteiger partial charge on any atom is 0.307 e. The van der Waals surface area contributed by atoms with Crippen LogP contribution >= 0.6 is 0 Å². The van der Waals surface area contributed by atoms with Gasteiger partial charge in [0.25, 0.3) is 0 Å². The number of benzene rings is 2. The van der Waals surface area contributed by atoms with Gasteiger partial charge in [-0.05, 0) is 24.1 Å². The van der Waals surface area contributed by atoms with E-state index in [-0.39, 0.29) is 18.3 Å². The molecular weight excluding hydrogens is 290 g/mol. The zero-order chi connectivity index (χ0) is 16.4. The van der Waals surface area contributed by atoms with E-state index in [4.69, 9.17) is 4.74 Å². The molecule has 118 valence electrons. The number of likely N-dealkylation sites (N-methyl/N-ethyl adjacent to an activating group) is 1.